The summed E-state index contributed by atoms with van der Waals surface area (Å²) in [6.07, 6.45) is 0.388. The molecule has 0 saturated carbocycles. The van der Waals surface area contributed by atoms with Crippen molar-refractivity contribution in [1.82, 2.24) is 0 Å². The van der Waals surface area contributed by atoms with E-state index in [1.165, 1.54) is 17.4 Å². The van der Waals surface area contributed by atoms with Gasteiger partial charge in [-0.15, -0.1) is 0 Å². The Morgan fingerprint density at radius 2 is 2.13 bits per heavy atom. The van der Waals surface area contributed by atoms with Gasteiger partial charge in [0.15, 0.2) is 0 Å². The van der Waals surface area contributed by atoms with E-state index in [1.807, 2.05) is 0 Å². The minimum absolute atomic E-state index is 0.0421. The molecule has 6 N–H and O–H groups in total. The van der Waals surface area contributed by atoms with Crippen LogP contribution in [0.15, 0.2) is 18.2 Å². The number of nitrogens with two attached hydrogens (primary N) is 1. The molecule has 0 spiro atoms. The van der Waals surface area contributed by atoms with Gasteiger partial charge in [-0.25, -0.2) is 0 Å². The summed E-state index contributed by atoms with van der Waals surface area (Å²) in [5.74, 6) is -1.96. The minimum atomic E-state index is -1.34. The molecule has 0 aliphatic rings. The minimum Gasteiger partial charge on any atom is -0.544 e. The Morgan fingerprint density at radius 1 is 1.43 bits per heavy atom. The Bertz CT molecular complexity index is 591. The molecule has 1 aromatic rings. The third-order valence-corrected chi connectivity index (χ3v) is 3.24. The van der Waals surface area contributed by atoms with Crippen LogP contribution in [0.1, 0.15) is 18.4 Å². The number of anilines is 1. The van der Waals surface area contributed by atoms with E-state index >= 15 is 0 Å². The largest absolute Gasteiger partial charge is 0.544 e. The lowest BCUT2D eigenvalue weighted by Crippen LogP contribution is -2.93. The van der Waals surface area contributed by atoms with Gasteiger partial charge < -0.3 is 26.3 Å². The third kappa shape index (κ3) is 6.01. The Balaban J connectivity index is 2.75. The molecule has 0 radical (unpaired) electrons. The molecule has 1 rings (SSSR count). The van der Waals surface area contributed by atoms with Crippen LogP contribution in [-0.2, 0) is 9.59 Å². The molecule has 1 atom stereocenters. The fourth-order valence-electron chi connectivity index (χ4n) is 2.03. The van der Waals surface area contributed by atoms with Gasteiger partial charge in [-0.3, -0.25) is 14.9 Å². The van der Waals surface area contributed by atoms with Crippen LogP contribution in [-0.4, -0.2) is 35.9 Å². The molecular formula is C14H21N4O5+. The lowest BCUT2D eigenvalue weighted by Gasteiger charge is -2.16. The van der Waals surface area contributed by atoms with E-state index in [0.29, 0.717) is 18.7 Å². The number of aryl methyl sites for hydroxylation is 1. The zero-order valence-electron chi connectivity index (χ0n) is 12.9. The zero-order valence-corrected chi connectivity index (χ0v) is 12.9. The number of rotatable bonds is 9. The summed E-state index contributed by atoms with van der Waals surface area (Å²) >= 11 is 0. The summed E-state index contributed by atoms with van der Waals surface area (Å²) in [6.45, 7) is 2.88. The molecule has 9 nitrogen and oxygen atoms in total. The predicted molar refractivity (Wildman–Crippen MR) is 79.0 cm³/mol. The maximum absolute atomic E-state index is 12.0. The van der Waals surface area contributed by atoms with Crippen molar-refractivity contribution < 1.29 is 30.7 Å². The number of carbonyl (C=O) groups is 2. The first-order valence-electron chi connectivity index (χ1n) is 7.23. The van der Waals surface area contributed by atoms with Crippen molar-refractivity contribution in [2.45, 2.75) is 25.8 Å². The van der Waals surface area contributed by atoms with Crippen molar-refractivity contribution in [1.29, 1.82) is 0 Å². The number of nitro benzene ring substituents is 1. The molecule has 1 aromatic carbocycles. The molecule has 0 aromatic heterocycles. The highest BCUT2D eigenvalue weighted by Crippen LogP contribution is 2.25. The molecule has 1 amide bonds. The van der Waals surface area contributed by atoms with Crippen LogP contribution in [0.3, 0.4) is 0 Å². The monoisotopic (exact) mass is 325 g/mol. The first kappa shape index (κ1) is 18.5. The number of aliphatic carboxylic acids is 1. The van der Waals surface area contributed by atoms with E-state index in [1.54, 1.807) is 13.0 Å². The highest BCUT2D eigenvalue weighted by atomic mass is 16.6. The molecule has 126 valence electrons. The zero-order chi connectivity index (χ0) is 17.4. The lowest BCUT2D eigenvalue weighted by molar-refractivity contribution is -0.684. The van der Waals surface area contributed by atoms with Crippen molar-refractivity contribution >= 4 is 23.3 Å². The summed E-state index contributed by atoms with van der Waals surface area (Å²) in [7, 11) is 0. The standard InChI is InChI=1S/C14H20N4O5/c1-9-3-4-10(12(7-9)18(22)23)17-13(19)8-11(14(20)21)16-6-2-5-15/h3-4,7,11,16H,2,5-6,8,15H2,1H3,(H,17,19)(H,20,21)/p+1/t11-/m1/s1. The Labute approximate surface area is 133 Å². The first-order chi connectivity index (χ1) is 10.8. The summed E-state index contributed by atoms with van der Waals surface area (Å²) in [5.41, 5.74) is 4.15. The number of carboxylic acids is 1. The van der Waals surface area contributed by atoms with Crippen molar-refractivity contribution in [2.75, 3.05) is 18.4 Å². The number of nitro groups is 1. The van der Waals surface area contributed by atoms with Crippen molar-refractivity contribution in [3.63, 3.8) is 0 Å². The molecule has 23 heavy (non-hydrogen) atoms. The van der Waals surface area contributed by atoms with Gasteiger partial charge in [0, 0.05) is 12.5 Å². The van der Waals surface area contributed by atoms with Gasteiger partial charge in [0.1, 0.15) is 11.7 Å². The van der Waals surface area contributed by atoms with Gasteiger partial charge in [0.25, 0.3) is 5.69 Å². The number of benzene rings is 1. The van der Waals surface area contributed by atoms with Crippen LogP contribution in [0.2, 0.25) is 0 Å². The fourth-order valence-corrected chi connectivity index (χ4v) is 2.03. The van der Waals surface area contributed by atoms with Gasteiger partial charge in [-0.1, -0.05) is 6.07 Å². The van der Waals surface area contributed by atoms with Crippen LogP contribution in [0, 0.1) is 17.0 Å². The summed E-state index contributed by atoms with van der Waals surface area (Å²) in [6, 6.07) is 3.35. The average Bonchev–Trinajstić information content (AvgIpc) is 2.47. The SMILES string of the molecule is Cc1ccc(NC(=O)C[C@@H]([NH2+]CCC[NH3+])C(=O)[O-])c([N+](=O)[O-])c1. The average molecular weight is 325 g/mol. The Hall–Kier alpha value is -2.52. The first-order valence-corrected chi connectivity index (χ1v) is 7.23. The second kappa shape index (κ2) is 8.81. The number of amides is 1. The van der Waals surface area contributed by atoms with E-state index in [4.69, 9.17) is 0 Å². The number of hydrogen-bond donors (Lipinski definition) is 3. The predicted octanol–water partition coefficient (Wildman–Crippen LogP) is -2.45. The van der Waals surface area contributed by atoms with E-state index in [0.717, 1.165) is 6.42 Å². The molecule has 0 aliphatic carbocycles. The highest BCUT2D eigenvalue weighted by Gasteiger charge is 2.21. The van der Waals surface area contributed by atoms with Crippen LogP contribution in [0.4, 0.5) is 11.4 Å². The summed E-state index contributed by atoms with van der Waals surface area (Å²) in [4.78, 5) is 33.4. The smallest absolute Gasteiger partial charge is 0.293 e. The van der Waals surface area contributed by atoms with Gasteiger partial charge in [-0.05, 0) is 18.6 Å². The Morgan fingerprint density at radius 3 is 2.70 bits per heavy atom. The quantitative estimate of drug-likeness (QED) is 0.261. The van der Waals surface area contributed by atoms with Gasteiger partial charge in [0.2, 0.25) is 5.91 Å². The second-order valence-electron chi connectivity index (χ2n) is 5.19. The van der Waals surface area contributed by atoms with Gasteiger partial charge in [0.05, 0.1) is 30.4 Å². The molecule has 0 fully saturated rings. The molecule has 0 bridgehead atoms. The molecule has 0 saturated heterocycles. The molecule has 0 heterocycles. The lowest BCUT2D eigenvalue weighted by atomic mass is 10.1. The number of hydrogen-bond acceptors (Lipinski definition) is 5. The molecule has 0 aliphatic heterocycles. The number of carboxylic acid groups (broad SMARTS) is 1. The third-order valence-electron chi connectivity index (χ3n) is 3.24. The normalized spacial score (nSPS) is 11.7. The van der Waals surface area contributed by atoms with Crippen molar-refractivity contribution in [3.05, 3.63) is 33.9 Å². The van der Waals surface area contributed by atoms with Crippen molar-refractivity contribution in [2.24, 2.45) is 0 Å². The van der Waals surface area contributed by atoms with Crippen LogP contribution in [0.5, 0.6) is 0 Å². The maximum Gasteiger partial charge on any atom is 0.293 e. The number of quaternary nitrogens is 2. The van der Waals surface area contributed by atoms with E-state index in [9.17, 15) is 24.8 Å². The van der Waals surface area contributed by atoms with Gasteiger partial charge >= 0.3 is 0 Å². The number of carbonyl (C=O) groups excluding carboxylic acids is 2. The molecule has 9 heteroatoms. The topological polar surface area (TPSA) is 157 Å². The fraction of sp³-hybridized carbons (Fsp3) is 0.429. The molecule has 0 unspecified atom stereocenters. The van der Waals surface area contributed by atoms with Crippen LogP contribution < -0.4 is 21.5 Å². The van der Waals surface area contributed by atoms with Gasteiger partial charge in [-0.2, -0.15) is 0 Å². The van der Waals surface area contributed by atoms with E-state index in [2.05, 4.69) is 11.1 Å². The highest BCUT2D eigenvalue weighted by molar-refractivity contribution is 5.95. The molecular weight excluding hydrogens is 304 g/mol. The van der Waals surface area contributed by atoms with Crippen molar-refractivity contribution in [3.8, 4) is 0 Å². The summed E-state index contributed by atoms with van der Waals surface area (Å²) in [5, 5.41) is 25.9. The van der Waals surface area contributed by atoms with Crippen LogP contribution in [0.25, 0.3) is 0 Å². The summed E-state index contributed by atoms with van der Waals surface area (Å²) < 4.78 is 0. The van der Waals surface area contributed by atoms with Crippen LogP contribution >= 0.6 is 0 Å². The maximum atomic E-state index is 12.0. The van der Waals surface area contributed by atoms with E-state index in [-0.39, 0.29) is 17.8 Å². The van der Waals surface area contributed by atoms with E-state index < -0.39 is 22.8 Å². The number of nitrogens with zero attached hydrogens (tertiary/aromatic N) is 1. The second-order valence-corrected chi connectivity index (χ2v) is 5.19. The Kier molecular flexibility index (Phi) is 7.10. The number of nitrogens with one attached hydrogen (secondary N) is 1.